The van der Waals surface area contributed by atoms with Gasteiger partial charge in [-0.15, -0.1) is 0 Å². The van der Waals surface area contributed by atoms with Crippen molar-refractivity contribution in [3.05, 3.63) is 106 Å². The lowest BCUT2D eigenvalue weighted by Crippen LogP contribution is -2.28. The number of anilines is 1. The molecule has 72 heavy (non-hydrogen) atoms. The van der Waals surface area contributed by atoms with E-state index in [0.717, 1.165) is 18.2 Å². The van der Waals surface area contributed by atoms with Crippen molar-refractivity contribution in [1.29, 1.82) is 0 Å². The summed E-state index contributed by atoms with van der Waals surface area (Å²) in [6, 6.07) is 9.65. The van der Waals surface area contributed by atoms with Gasteiger partial charge in [-0.2, -0.15) is 46.7 Å². The van der Waals surface area contributed by atoms with Gasteiger partial charge in [-0.25, -0.2) is 0 Å². The summed E-state index contributed by atoms with van der Waals surface area (Å²) in [5, 5.41) is 0.251. The monoisotopic (exact) mass is 1110 g/mol. The zero-order valence-corrected chi connectivity index (χ0v) is 44.6. The normalized spacial score (nSPS) is 18.6. The Balaban J connectivity index is 1.37. The van der Waals surface area contributed by atoms with Crippen molar-refractivity contribution in [2.45, 2.75) is 116 Å². The van der Waals surface area contributed by atoms with Crippen LogP contribution in [0.4, 0.5) is 11.4 Å². The van der Waals surface area contributed by atoms with Crippen molar-refractivity contribution < 1.29 is 74.2 Å². The minimum atomic E-state index is -5.01. The Bertz CT molecular complexity index is 3740. The van der Waals surface area contributed by atoms with E-state index in [1.807, 2.05) is 30.6 Å². The molecule has 3 aliphatic rings. The fraction of sp³-hybridized carbons (Fsp3) is 0.375. The molecule has 24 heteroatoms. The largest absolute Gasteiger partial charge is 0.344 e. The number of carbonyl (C=O) groups is 1. The minimum absolute atomic E-state index is 0.00980. The Hall–Kier alpha value is -4.66. The molecule has 2 heterocycles. The minimum Gasteiger partial charge on any atom is -0.344 e. The van der Waals surface area contributed by atoms with Gasteiger partial charge in [0.25, 0.3) is 50.6 Å². The topological polar surface area (TPSA) is 295 Å². The van der Waals surface area contributed by atoms with Crippen molar-refractivity contribution in [2.75, 3.05) is 23.7 Å². The molecule has 0 aromatic heterocycles. The van der Waals surface area contributed by atoms with Gasteiger partial charge >= 0.3 is 0 Å². The summed E-state index contributed by atoms with van der Waals surface area (Å²) in [6.45, 7) is 9.14. The Morgan fingerprint density at radius 1 is 0.694 bits per heavy atom. The van der Waals surface area contributed by atoms with E-state index in [1.54, 1.807) is 30.9 Å². The number of rotatable bonds is 17. The zero-order chi connectivity index (χ0) is 53.3. The zero-order valence-electron chi connectivity index (χ0n) is 39.7. The van der Waals surface area contributed by atoms with Crippen LogP contribution in [0.25, 0.3) is 21.5 Å². The highest BCUT2D eigenvalue weighted by Gasteiger charge is 2.47. The van der Waals surface area contributed by atoms with Gasteiger partial charge in [-0.05, 0) is 112 Å². The molecule has 0 saturated carbocycles. The van der Waals surface area contributed by atoms with Crippen molar-refractivity contribution in [1.82, 2.24) is 0 Å². The van der Waals surface area contributed by atoms with E-state index in [-0.39, 0.29) is 47.0 Å². The summed E-state index contributed by atoms with van der Waals surface area (Å²) in [5.74, 6) is -0.581. The summed E-state index contributed by atoms with van der Waals surface area (Å²) in [5.41, 5.74) is 1.98. The predicted molar refractivity (Wildman–Crippen MR) is 273 cm³/mol. The maximum atomic E-state index is 12.9. The molecule has 0 amide bonds. The number of nitrogens with zero attached hydrogens (tertiary/aromatic N) is 2. The van der Waals surface area contributed by atoms with Gasteiger partial charge in [-0.1, -0.05) is 55.8 Å². The molecule has 0 fully saturated rings. The van der Waals surface area contributed by atoms with Gasteiger partial charge < -0.3 is 9.69 Å². The Labute approximate surface area is 424 Å². The number of hydrogen-bond acceptors (Lipinski definition) is 12. The summed E-state index contributed by atoms with van der Waals surface area (Å²) in [4.78, 5) is 11.2. The van der Waals surface area contributed by atoms with E-state index in [4.69, 9.17) is 11.6 Å². The van der Waals surface area contributed by atoms with E-state index in [0.29, 0.717) is 94.9 Å². The molecule has 0 saturated heterocycles. The fourth-order valence-electron chi connectivity index (χ4n) is 10.3. The second kappa shape index (κ2) is 19.6. The summed E-state index contributed by atoms with van der Waals surface area (Å²) in [6.07, 6.45) is 10.3. The number of carbonyl (C=O) groups excluding carboxylic acids is 1. The van der Waals surface area contributed by atoms with E-state index < -0.39 is 86.8 Å². The van der Waals surface area contributed by atoms with E-state index in [1.165, 1.54) is 37.3 Å². The highest BCUT2D eigenvalue weighted by Crippen LogP contribution is 2.54. The summed E-state index contributed by atoms with van der Waals surface area (Å²) < 4.78 is 178. The number of unbranched alkanes of at least 4 members (excludes halogenated alkanes) is 2. The quantitative estimate of drug-likeness (QED) is 0.0375. The number of Topliss-reactive ketones (excluding diaryl/α,β-unsaturated/α-hetero) is 1. The first-order chi connectivity index (χ1) is 33.2. The number of ketones is 1. The third-order valence-corrected chi connectivity index (χ3v) is 18.3. The van der Waals surface area contributed by atoms with Crippen molar-refractivity contribution >= 4 is 107 Å². The Morgan fingerprint density at radius 3 is 1.96 bits per heavy atom. The second-order valence-corrected chi connectivity index (χ2v) is 26.7. The molecule has 0 atom stereocenters. The fourth-order valence-corrected chi connectivity index (χ4v) is 13.8. The molecule has 4 aromatic rings. The predicted octanol–water partition coefficient (Wildman–Crippen LogP) is 8.62. The molecular weight excluding hydrogens is 1060 g/mol. The molecule has 4 aromatic carbocycles. The number of fused-ring (bicyclic) bond motifs is 6. The first-order valence-electron chi connectivity index (χ1n) is 22.6. The van der Waals surface area contributed by atoms with Crippen molar-refractivity contribution in [2.24, 2.45) is 0 Å². The molecule has 1 aliphatic carbocycles. The van der Waals surface area contributed by atoms with Crippen LogP contribution < -0.4 is 4.90 Å². The van der Waals surface area contributed by atoms with Crippen LogP contribution in [0.15, 0.2) is 114 Å². The van der Waals surface area contributed by atoms with Crippen LogP contribution in [0.5, 0.6) is 0 Å². The first-order valence-corrected chi connectivity index (χ1v) is 30.4. The molecule has 388 valence electrons. The van der Waals surface area contributed by atoms with Gasteiger partial charge in [0.15, 0.2) is 5.71 Å². The average molecular weight is 1110 g/mol. The number of allylic oxidation sites excluding steroid dienone is 8. The van der Waals surface area contributed by atoms with Gasteiger partial charge in [0.2, 0.25) is 5.69 Å². The lowest BCUT2D eigenvalue weighted by atomic mass is 9.78. The molecule has 2 aliphatic heterocycles. The molecule has 0 radical (unpaired) electrons. The van der Waals surface area contributed by atoms with Gasteiger partial charge in [0.1, 0.15) is 27.0 Å². The maximum Gasteiger partial charge on any atom is 0.295 e. The van der Waals surface area contributed by atoms with Crippen molar-refractivity contribution in [3.8, 4) is 0 Å². The Kier molecular flexibility index (Phi) is 15.0. The molecular formula is C48H54ClN2O16S5+. The maximum absolute atomic E-state index is 12.9. The van der Waals surface area contributed by atoms with E-state index in [9.17, 15) is 69.6 Å². The van der Waals surface area contributed by atoms with Crippen LogP contribution in [0.3, 0.4) is 0 Å². The number of benzene rings is 4. The SMILES string of the molecule is CC(=O)CCCC[N+]1=C(C=CC2=C(Cl)C(=CC=C3N(CCCCS(=O)(=O)O)c4cc(S(=O)(=O)O)c5cccc(S(=O)(=O)O)c5c4C3(C)C)CCC2)C(C)(C)c2c1cc(S(=O)(=O)O)c1cc(S(=O)(=O)O)ccc21. The van der Waals surface area contributed by atoms with Crippen LogP contribution in [0.2, 0.25) is 0 Å². The number of hydrogen-bond donors (Lipinski definition) is 5. The molecule has 0 spiro atoms. The summed E-state index contributed by atoms with van der Waals surface area (Å²) >= 11 is 7.24. The highest BCUT2D eigenvalue weighted by atomic mass is 35.5. The third kappa shape index (κ3) is 10.9. The summed E-state index contributed by atoms with van der Waals surface area (Å²) in [7, 11) is -24.1. The van der Waals surface area contributed by atoms with Gasteiger partial charge in [0, 0.05) is 75.1 Å². The third-order valence-electron chi connectivity index (χ3n) is 13.5. The number of halogens is 1. The second-order valence-electron chi connectivity index (χ2n) is 19.2. The van der Waals surface area contributed by atoms with Gasteiger partial charge in [0.05, 0.1) is 16.1 Å². The lowest BCUT2D eigenvalue weighted by molar-refractivity contribution is -0.438. The Morgan fingerprint density at radius 2 is 1.35 bits per heavy atom. The van der Waals surface area contributed by atoms with Crippen LogP contribution in [0, 0.1) is 0 Å². The molecule has 0 unspecified atom stereocenters. The molecule has 18 nitrogen and oxygen atoms in total. The highest BCUT2D eigenvalue weighted by molar-refractivity contribution is 7.87. The van der Waals surface area contributed by atoms with Crippen LogP contribution in [-0.2, 0) is 66.2 Å². The standard InChI is InChI=1S/C48H53ClN2O16S5/c1-29(52)12-6-7-23-50-36-27-40(72(65,66)67)35-26-32(69(56,57)58)19-20-33(35)44(36)47(2,3)41(50)21-17-30-13-10-14-31(46(30)49)18-22-42-48(4,5)45-37(51(42)24-8-9-25-68(53,54)55)28-39(71(62,63)64)34-15-11-16-38(43(34)45)70(59,60)61/h11,15-22,26-28H,6-10,12-14,23-25H2,1-5H3,(H4-,53,54,55,56,57,58,59,60,61,62,63,64,65,66,67)/p+1. The first kappa shape index (κ1) is 55.1. The average Bonchev–Trinajstić information content (AvgIpc) is 3.60. The van der Waals surface area contributed by atoms with E-state index >= 15 is 0 Å². The van der Waals surface area contributed by atoms with E-state index in [2.05, 4.69) is 0 Å². The van der Waals surface area contributed by atoms with Gasteiger partial charge in [-0.3, -0.25) is 22.8 Å². The van der Waals surface area contributed by atoms with Crippen LogP contribution in [-0.4, -0.2) is 99.8 Å². The smallest absolute Gasteiger partial charge is 0.295 e. The molecule has 7 rings (SSSR count). The van der Waals surface area contributed by atoms with Crippen LogP contribution in [0.1, 0.15) is 97.1 Å². The lowest BCUT2D eigenvalue weighted by Gasteiger charge is -2.27. The van der Waals surface area contributed by atoms with Crippen molar-refractivity contribution in [3.63, 3.8) is 0 Å². The molecule has 5 N–H and O–H groups in total. The molecule has 0 bridgehead atoms. The van der Waals surface area contributed by atoms with Crippen LogP contribution >= 0.6 is 11.6 Å².